The van der Waals surface area contributed by atoms with Crippen LogP contribution in [0.5, 0.6) is 0 Å². The molecule has 0 amide bonds. The molecular weight excluding hydrogens is 169 g/mol. The first-order valence-corrected chi connectivity index (χ1v) is 4.00. The fraction of sp³-hybridized carbons (Fsp3) is 0.300. The third-order valence-electron chi connectivity index (χ3n) is 1.68. The van der Waals surface area contributed by atoms with Gasteiger partial charge in [0.1, 0.15) is 11.9 Å². The monoisotopic (exact) mass is 179 g/mol. The van der Waals surface area contributed by atoms with E-state index in [1.807, 2.05) is 0 Å². The molecule has 3 heteroatoms. The number of aliphatic hydroxyl groups excluding tert-OH is 1. The Morgan fingerprint density at radius 2 is 2.31 bits per heavy atom. The quantitative estimate of drug-likeness (QED) is 0.749. The topological polar surface area (TPSA) is 44.0 Å². The maximum atomic E-state index is 12.8. The molecule has 0 fully saturated rings. The Labute approximate surface area is 76.2 Å². The molecule has 0 bridgehead atoms. The van der Waals surface area contributed by atoms with Gasteiger partial charge in [0.25, 0.3) is 0 Å². The summed E-state index contributed by atoms with van der Waals surface area (Å²) < 4.78 is 12.8. The van der Waals surface area contributed by atoms with Crippen LogP contribution in [0.25, 0.3) is 0 Å². The molecular formula is C10H10FNO. The van der Waals surface area contributed by atoms with E-state index >= 15 is 0 Å². The number of nitrogens with zero attached hydrogens (tertiary/aromatic N) is 1. The second-order valence-electron chi connectivity index (χ2n) is 2.98. The van der Waals surface area contributed by atoms with Crippen LogP contribution in [0.2, 0.25) is 0 Å². The normalized spacial score (nSPS) is 12.2. The highest BCUT2D eigenvalue weighted by Crippen LogP contribution is 2.11. The van der Waals surface area contributed by atoms with E-state index in [4.69, 9.17) is 10.4 Å². The number of nitriles is 1. The molecule has 13 heavy (non-hydrogen) atoms. The Bertz CT molecular complexity index is 341. The van der Waals surface area contributed by atoms with Crippen molar-refractivity contribution in [3.05, 3.63) is 35.1 Å². The summed E-state index contributed by atoms with van der Waals surface area (Å²) in [6, 6.07) is 6.03. The van der Waals surface area contributed by atoms with Crippen molar-refractivity contribution < 1.29 is 9.50 Å². The average molecular weight is 179 g/mol. The van der Waals surface area contributed by atoms with Crippen molar-refractivity contribution >= 4 is 0 Å². The first-order chi connectivity index (χ1) is 6.13. The van der Waals surface area contributed by atoms with Crippen LogP contribution in [-0.2, 0) is 6.42 Å². The lowest BCUT2D eigenvalue weighted by atomic mass is 10.1. The molecule has 1 unspecified atom stereocenters. The molecule has 0 spiro atoms. The number of benzene rings is 1. The van der Waals surface area contributed by atoms with Crippen LogP contribution in [0.15, 0.2) is 18.2 Å². The number of rotatable bonds is 2. The van der Waals surface area contributed by atoms with E-state index in [1.54, 1.807) is 19.1 Å². The van der Waals surface area contributed by atoms with E-state index in [0.717, 1.165) is 5.56 Å². The molecule has 0 radical (unpaired) electrons. The van der Waals surface area contributed by atoms with Crippen LogP contribution >= 0.6 is 0 Å². The van der Waals surface area contributed by atoms with Crippen molar-refractivity contribution in [1.29, 1.82) is 5.26 Å². The summed E-state index contributed by atoms with van der Waals surface area (Å²) in [4.78, 5) is 0. The minimum atomic E-state index is -0.517. The molecule has 1 aromatic rings. The minimum absolute atomic E-state index is 0.0261. The first kappa shape index (κ1) is 9.69. The number of aliphatic hydroxyl groups is 1. The molecule has 0 aliphatic rings. The summed E-state index contributed by atoms with van der Waals surface area (Å²) in [5.74, 6) is -0.517. The van der Waals surface area contributed by atoms with Crippen LogP contribution in [0.4, 0.5) is 4.39 Å². The molecule has 0 aliphatic heterocycles. The molecule has 2 nitrogen and oxygen atoms in total. The standard InChI is InChI=1S/C10H10FNO/c1-7(13)4-8-2-3-10(11)9(5-8)6-12/h2-3,5,7,13H,4H2,1H3. The summed E-state index contributed by atoms with van der Waals surface area (Å²) in [7, 11) is 0. The van der Waals surface area contributed by atoms with Gasteiger partial charge in [-0.2, -0.15) is 5.26 Å². The summed E-state index contributed by atoms with van der Waals surface area (Å²) in [5.41, 5.74) is 0.797. The third kappa shape index (κ3) is 2.53. The fourth-order valence-corrected chi connectivity index (χ4v) is 1.13. The number of hydrogen-bond acceptors (Lipinski definition) is 2. The van der Waals surface area contributed by atoms with Gasteiger partial charge < -0.3 is 5.11 Å². The summed E-state index contributed by atoms with van der Waals surface area (Å²) in [6.07, 6.45) is -0.0356. The molecule has 68 valence electrons. The van der Waals surface area contributed by atoms with Crippen molar-refractivity contribution in [2.75, 3.05) is 0 Å². The molecule has 0 heterocycles. The highest BCUT2D eigenvalue weighted by atomic mass is 19.1. The van der Waals surface area contributed by atoms with E-state index < -0.39 is 11.9 Å². The van der Waals surface area contributed by atoms with E-state index in [0.29, 0.717) is 6.42 Å². The maximum Gasteiger partial charge on any atom is 0.140 e. The van der Waals surface area contributed by atoms with Gasteiger partial charge in [-0.3, -0.25) is 0 Å². The van der Waals surface area contributed by atoms with Crippen molar-refractivity contribution in [3.8, 4) is 6.07 Å². The first-order valence-electron chi connectivity index (χ1n) is 4.00. The lowest BCUT2D eigenvalue weighted by Gasteiger charge is -2.04. The van der Waals surface area contributed by atoms with E-state index in [1.165, 1.54) is 12.1 Å². The molecule has 0 saturated carbocycles. The molecule has 1 rings (SSSR count). The number of halogens is 1. The van der Waals surface area contributed by atoms with Gasteiger partial charge in [-0.15, -0.1) is 0 Å². The lowest BCUT2D eigenvalue weighted by molar-refractivity contribution is 0.195. The van der Waals surface area contributed by atoms with Gasteiger partial charge in [0, 0.05) is 0 Å². The molecule has 1 N–H and O–H groups in total. The van der Waals surface area contributed by atoms with Crippen LogP contribution in [0.1, 0.15) is 18.1 Å². The van der Waals surface area contributed by atoms with Gasteiger partial charge in [-0.1, -0.05) is 6.07 Å². The zero-order chi connectivity index (χ0) is 9.84. The minimum Gasteiger partial charge on any atom is -0.393 e. The summed E-state index contributed by atoms with van der Waals surface area (Å²) >= 11 is 0. The summed E-state index contributed by atoms with van der Waals surface area (Å²) in [6.45, 7) is 1.65. The van der Waals surface area contributed by atoms with E-state index in [2.05, 4.69) is 0 Å². The lowest BCUT2D eigenvalue weighted by Crippen LogP contribution is -2.04. The highest BCUT2D eigenvalue weighted by Gasteiger charge is 2.04. The second kappa shape index (κ2) is 4.01. The molecule has 0 saturated heterocycles. The molecule has 1 atom stereocenters. The largest absolute Gasteiger partial charge is 0.393 e. The van der Waals surface area contributed by atoms with Gasteiger partial charge in [-0.25, -0.2) is 4.39 Å². The SMILES string of the molecule is CC(O)Cc1ccc(F)c(C#N)c1. The Morgan fingerprint density at radius 1 is 1.62 bits per heavy atom. The van der Waals surface area contributed by atoms with Gasteiger partial charge in [0.05, 0.1) is 11.7 Å². The Kier molecular flexibility index (Phi) is 2.99. The zero-order valence-corrected chi connectivity index (χ0v) is 7.29. The van der Waals surface area contributed by atoms with Gasteiger partial charge >= 0.3 is 0 Å². The predicted molar refractivity (Wildman–Crippen MR) is 46.5 cm³/mol. The zero-order valence-electron chi connectivity index (χ0n) is 7.29. The van der Waals surface area contributed by atoms with E-state index in [-0.39, 0.29) is 5.56 Å². The van der Waals surface area contributed by atoms with Crippen molar-refractivity contribution in [3.63, 3.8) is 0 Å². The van der Waals surface area contributed by atoms with Crippen molar-refractivity contribution in [2.24, 2.45) is 0 Å². The van der Waals surface area contributed by atoms with Crippen molar-refractivity contribution in [2.45, 2.75) is 19.4 Å². The second-order valence-corrected chi connectivity index (χ2v) is 2.98. The third-order valence-corrected chi connectivity index (χ3v) is 1.68. The molecule has 0 aliphatic carbocycles. The fourth-order valence-electron chi connectivity index (χ4n) is 1.13. The van der Waals surface area contributed by atoms with E-state index in [9.17, 15) is 4.39 Å². The average Bonchev–Trinajstić information content (AvgIpc) is 2.07. The number of hydrogen-bond donors (Lipinski definition) is 1. The van der Waals surface area contributed by atoms with Gasteiger partial charge in [0.15, 0.2) is 0 Å². The van der Waals surface area contributed by atoms with Gasteiger partial charge in [-0.05, 0) is 31.0 Å². The van der Waals surface area contributed by atoms with Crippen molar-refractivity contribution in [1.82, 2.24) is 0 Å². The highest BCUT2D eigenvalue weighted by molar-refractivity contribution is 5.34. The Morgan fingerprint density at radius 3 is 2.85 bits per heavy atom. The molecule has 1 aromatic carbocycles. The Balaban J connectivity index is 2.95. The Hall–Kier alpha value is -1.40. The van der Waals surface area contributed by atoms with Crippen LogP contribution in [0, 0.1) is 17.1 Å². The predicted octanol–water partition coefficient (Wildman–Crippen LogP) is 1.62. The smallest absolute Gasteiger partial charge is 0.140 e. The van der Waals surface area contributed by atoms with Crippen LogP contribution in [0.3, 0.4) is 0 Å². The maximum absolute atomic E-state index is 12.8. The van der Waals surface area contributed by atoms with Crippen LogP contribution < -0.4 is 0 Å². The molecule has 0 aromatic heterocycles. The van der Waals surface area contributed by atoms with Crippen LogP contribution in [-0.4, -0.2) is 11.2 Å². The summed E-state index contributed by atoms with van der Waals surface area (Å²) in [5, 5.41) is 17.6. The van der Waals surface area contributed by atoms with Gasteiger partial charge in [0.2, 0.25) is 0 Å².